The second-order valence-corrected chi connectivity index (χ2v) is 5.76. The molecule has 0 fully saturated rings. The zero-order valence-corrected chi connectivity index (χ0v) is 12.2. The van der Waals surface area contributed by atoms with Gasteiger partial charge in [-0.1, -0.05) is 30.3 Å². The van der Waals surface area contributed by atoms with Crippen molar-refractivity contribution in [3.63, 3.8) is 0 Å². The molecule has 0 aliphatic carbocycles. The zero-order chi connectivity index (χ0) is 15.9. The first-order chi connectivity index (χ1) is 9.80. The van der Waals surface area contributed by atoms with E-state index in [1.807, 2.05) is 4.72 Å². The maximum absolute atomic E-state index is 11.6. The highest BCUT2D eigenvalue weighted by Gasteiger charge is 2.16. The number of carbonyl (C=O) groups is 2. The summed E-state index contributed by atoms with van der Waals surface area (Å²) in [6, 6.07) is 8.80. The van der Waals surface area contributed by atoms with Gasteiger partial charge in [0.25, 0.3) is 5.91 Å². The number of nitrogens with one attached hydrogen (secondary N) is 1. The van der Waals surface area contributed by atoms with Gasteiger partial charge in [-0.25, -0.2) is 13.1 Å². The molecule has 0 aliphatic rings. The summed E-state index contributed by atoms with van der Waals surface area (Å²) in [7, 11) is -3.78. The first kappa shape index (κ1) is 16.9. The lowest BCUT2D eigenvalue weighted by molar-refractivity contribution is -0.152. The minimum atomic E-state index is -3.78. The highest BCUT2D eigenvalue weighted by Crippen LogP contribution is 2.02. The number of esters is 1. The summed E-state index contributed by atoms with van der Waals surface area (Å²) in [4.78, 5) is 22.0. The van der Waals surface area contributed by atoms with Crippen LogP contribution in [0, 0.1) is 0 Å². The Bertz CT molecular complexity index is 625. The van der Waals surface area contributed by atoms with Crippen molar-refractivity contribution in [3.05, 3.63) is 41.3 Å². The lowest BCUT2D eigenvalue weighted by Crippen LogP contribution is -2.35. The van der Waals surface area contributed by atoms with Gasteiger partial charge in [-0.05, 0) is 18.6 Å². The van der Waals surface area contributed by atoms with Gasteiger partial charge in [-0.2, -0.15) is 0 Å². The summed E-state index contributed by atoms with van der Waals surface area (Å²) in [5.74, 6) is -1.70. The van der Waals surface area contributed by atoms with Crippen molar-refractivity contribution < 1.29 is 22.7 Å². The maximum Gasteiger partial charge on any atom is 0.321 e. The van der Waals surface area contributed by atoms with Gasteiger partial charge in [0, 0.05) is 5.41 Å². The van der Waals surface area contributed by atoms with Crippen molar-refractivity contribution in [2.24, 2.45) is 5.73 Å². The lowest BCUT2D eigenvalue weighted by Gasteiger charge is -2.09. The lowest BCUT2D eigenvalue weighted by atomic mass is 10.2. The third-order valence-corrected chi connectivity index (χ3v) is 3.41. The van der Waals surface area contributed by atoms with E-state index < -0.39 is 34.5 Å². The van der Waals surface area contributed by atoms with Crippen molar-refractivity contribution in [1.82, 2.24) is 4.72 Å². The van der Waals surface area contributed by atoms with Crippen LogP contribution in [0.3, 0.4) is 0 Å². The second kappa shape index (κ2) is 7.55. The third-order valence-electron chi connectivity index (χ3n) is 2.37. The predicted molar refractivity (Wildman–Crippen MR) is 77.1 cm³/mol. The number of amides is 1. The zero-order valence-electron chi connectivity index (χ0n) is 11.4. The topological polar surface area (TPSA) is 116 Å². The van der Waals surface area contributed by atoms with Gasteiger partial charge in [0.1, 0.15) is 6.54 Å². The van der Waals surface area contributed by atoms with Gasteiger partial charge in [-0.15, -0.1) is 0 Å². The van der Waals surface area contributed by atoms with Gasteiger partial charge >= 0.3 is 5.97 Å². The minimum absolute atomic E-state index is 0.584. The Morgan fingerprint density at radius 2 is 1.95 bits per heavy atom. The Balaban J connectivity index is 2.52. The van der Waals surface area contributed by atoms with E-state index in [0.717, 1.165) is 5.41 Å². The summed E-state index contributed by atoms with van der Waals surface area (Å²) in [6.07, 6.45) is 0.279. The fraction of sp³-hybridized carbons (Fsp3) is 0.231. The second-order valence-electron chi connectivity index (χ2n) is 4.11. The van der Waals surface area contributed by atoms with Crippen molar-refractivity contribution in [2.75, 3.05) is 6.54 Å². The van der Waals surface area contributed by atoms with E-state index in [1.165, 1.54) is 13.0 Å². The predicted octanol–water partition coefficient (Wildman–Crippen LogP) is -0.00630. The number of hydrogen-bond acceptors (Lipinski definition) is 5. The van der Waals surface area contributed by atoms with Crippen molar-refractivity contribution in [2.45, 2.75) is 13.0 Å². The molecule has 21 heavy (non-hydrogen) atoms. The van der Waals surface area contributed by atoms with Crippen LogP contribution in [0.25, 0.3) is 6.08 Å². The van der Waals surface area contributed by atoms with Crippen LogP contribution in [-0.2, 0) is 24.3 Å². The molecule has 8 heteroatoms. The summed E-state index contributed by atoms with van der Waals surface area (Å²) in [5.41, 5.74) is 5.61. The van der Waals surface area contributed by atoms with Crippen LogP contribution in [0.1, 0.15) is 12.5 Å². The molecule has 0 bridgehead atoms. The average Bonchev–Trinajstić information content (AvgIpc) is 2.44. The first-order valence-corrected chi connectivity index (χ1v) is 7.56. The smallest absolute Gasteiger partial charge is 0.321 e. The number of primary amides is 1. The molecule has 0 aliphatic heterocycles. The van der Waals surface area contributed by atoms with Crippen LogP contribution in [0.15, 0.2) is 35.7 Å². The third kappa shape index (κ3) is 6.68. The van der Waals surface area contributed by atoms with Gasteiger partial charge < -0.3 is 10.5 Å². The van der Waals surface area contributed by atoms with Gasteiger partial charge in [-0.3, -0.25) is 9.59 Å². The number of carbonyl (C=O) groups excluding carboxylic acids is 2. The van der Waals surface area contributed by atoms with Crippen LogP contribution >= 0.6 is 0 Å². The molecule has 0 heterocycles. The molecule has 1 rings (SSSR count). The van der Waals surface area contributed by atoms with Crippen LogP contribution in [0.4, 0.5) is 0 Å². The summed E-state index contributed by atoms with van der Waals surface area (Å²) < 4.78 is 29.9. The average molecular weight is 312 g/mol. The van der Waals surface area contributed by atoms with Crippen LogP contribution in [-0.4, -0.2) is 32.9 Å². The maximum atomic E-state index is 11.6. The van der Waals surface area contributed by atoms with E-state index in [0.29, 0.717) is 5.56 Å². The van der Waals surface area contributed by atoms with E-state index in [2.05, 4.69) is 4.74 Å². The summed E-state index contributed by atoms with van der Waals surface area (Å²) >= 11 is 0. The molecule has 3 N–H and O–H groups in total. The molecule has 0 aromatic heterocycles. The van der Waals surface area contributed by atoms with Crippen molar-refractivity contribution in [3.8, 4) is 0 Å². The molecular formula is C13H16N2O5S. The SMILES string of the molecule is C[C@H](OC(=O)CNS(=O)(=O)/C=C/c1ccccc1)C(N)=O. The van der Waals surface area contributed by atoms with Crippen LogP contribution < -0.4 is 10.5 Å². The summed E-state index contributed by atoms with van der Waals surface area (Å²) in [5, 5.41) is 0.938. The van der Waals surface area contributed by atoms with Crippen molar-refractivity contribution in [1.29, 1.82) is 0 Å². The normalized spacial score (nSPS) is 13.0. The highest BCUT2D eigenvalue weighted by molar-refractivity contribution is 7.92. The monoisotopic (exact) mass is 312 g/mol. The number of rotatable bonds is 7. The van der Waals surface area contributed by atoms with E-state index in [4.69, 9.17) is 5.73 Å². The Hall–Kier alpha value is -2.19. The van der Waals surface area contributed by atoms with E-state index in [-0.39, 0.29) is 0 Å². The molecule has 0 unspecified atom stereocenters. The van der Waals surface area contributed by atoms with E-state index >= 15 is 0 Å². The fourth-order valence-corrected chi connectivity index (χ4v) is 1.99. The Morgan fingerprint density at radius 1 is 1.33 bits per heavy atom. The number of benzene rings is 1. The Labute approximate surface area is 122 Å². The Kier molecular flexibility index (Phi) is 6.07. The standard InChI is InChI=1S/C13H16N2O5S/c1-10(13(14)17)20-12(16)9-15-21(18,19)8-7-11-5-3-2-4-6-11/h2-8,10,15H,9H2,1H3,(H2,14,17)/b8-7+/t10-/m0/s1. The molecular weight excluding hydrogens is 296 g/mol. The molecule has 0 saturated carbocycles. The van der Waals surface area contributed by atoms with Gasteiger partial charge in [0.05, 0.1) is 0 Å². The molecule has 7 nitrogen and oxygen atoms in total. The fourth-order valence-electron chi connectivity index (χ4n) is 1.24. The van der Waals surface area contributed by atoms with Crippen molar-refractivity contribution >= 4 is 28.0 Å². The molecule has 1 aromatic rings. The number of ether oxygens (including phenoxy) is 1. The van der Waals surface area contributed by atoms with Gasteiger partial charge in [0.2, 0.25) is 10.0 Å². The first-order valence-electron chi connectivity index (χ1n) is 6.02. The molecule has 0 spiro atoms. The molecule has 1 atom stereocenters. The number of nitrogens with two attached hydrogens (primary N) is 1. The molecule has 1 amide bonds. The van der Waals surface area contributed by atoms with E-state index in [1.54, 1.807) is 30.3 Å². The Morgan fingerprint density at radius 3 is 2.52 bits per heavy atom. The quantitative estimate of drug-likeness (QED) is 0.687. The molecule has 0 radical (unpaired) electrons. The summed E-state index contributed by atoms with van der Waals surface area (Å²) in [6.45, 7) is 0.711. The minimum Gasteiger partial charge on any atom is -0.452 e. The van der Waals surface area contributed by atoms with Gasteiger partial charge in [0.15, 0.2) is 6.10 Å². The molecule has 114 valence electrons. The van der Waals surface area contributed by atoms with Crippen LogP contribution in [0.5, 0.6) is 0 Å². The molecule has 1 aromatic carbocycles. The largest absolute Gasteiger partial charge is 0.452 e. The van der Waals surface area contributed by atoms with Crippen LogP contribution in [0.2, 0.25) is 0 Å². The molecule has 0 saturated heterocycles. The van der Waals surface area contributed by atoms with E-state index in [9.17, 15) is 18.0 Å². The number of sulfonamides is 1. The number of hydrogen-bond donors (Lipinski definition) is 2. The highest BCUT2D eigenvalue weighted by atomic mass is 32.2.